The summed E-state index contributed by atoms with van der Waals surface area (Å²) < 4.78 is 5.67. The van der Waals surface area contributed by atoms with E-state index in [0.717, 1.165) is 29.0 Å². The number of ether oxygens (including phenoxy) is 1. The lowest BCUT2D eigenvalue weighted by Crippen LogP contribution is -2.56. The van der Waals surface area contributed by atoms with E-state index in [1.165, 1.54) is 19.3 Å². The summed E-state index contributed by atoms with van der Waals surface area (Å²) in [6.45, 7) is 3.81. The molecule has 0 aromatic carbocycles. The number of alkyl halides is 1. The number of carbonyl (C=O) groups is 2. The summed E-state index contributed by atoms with van der Waals surface area (Å²) in [5.41, 5.74) is 0.348. The Hall–Kier alpha value is -0.680. The number of aryl methyl sites for hydroxylation is 2. The average molecular weight is 411 g/mol. The van der Waals surface area contributed by atoms with Gasteiger partial charge in [0.15, 0.2) is 6.61 Å². The number of carbonyl (C=O) groups excluding carboxylic acids is 2. The van der Waals surface area contributed by atoms with Gasteiger partial charge < -0.3 is 4.74 Å². The van der Waals surface area contributed by atoms with Gasteiger partial charge in [-0.1, -0.05) is 15.9 Å². The Labute approximate surface area is 155 Å². The van der Waals surface area contributed by atoms with Crippen LogP contribution in [0.25, 0.3) is 0 Å². The zero-order valence-electron chi connectivity index (χ0n) is 14.2. The summed E-state index contributed by atoms with van der Waals surface area (Å²) in [4.78, 5) is 27.4. The lowest BCUT2D eigenvalue weighted by molar-refractivity contribution is -0.168. The van der Waals surface area contributed by atoms with Crippen LogP contribution in [-0.2, 0) is 9.53 Å². The summed E-state index contributed by atoms with van der Waals surface area (Å²) in [6, 6.07) is 1.90. The maximum atomic E-state index is 12.9. The minimum absolute atomic E-state index is 0.0801. The molecule has 0 saturated heterocycles. The first-order valence-electron chi connectivity index (χ1n) is 8.75. The molecule has 130 valence electrons. The topological polar surface area (TPSA) is 43.4 Å². The number of thiophene rings is 1. The molecule has 5 rings (SSSR count). The number of Topliss-reactive ketones (excluding diaryl/α,β-unsaturated/α-hetero) is 1. The van der Waals surface area contributed by atoms with E-state index in [2.05, 4.69) is 15.9 Å². The smallest absolute Gasteiger partial charge is 0.312 e. The van der Waals surface area contributed by atoms with E-state index in [-0.39, 0.29) is 28.1 Å². The molecule has 0 amide bonds. The van der Waals surface area contributed by atoms with Gasteiger partial charge in [0.2, 0.25) is 5.78 Å². The molecule has 5 heteroatoms. The van der Waals surface area contributed by atoms with Gasteiger partial charge in [-0.25, -0.2) is 0 Å². The molecule has 4 atom stereocenters. The number of halogens is 1. The Bertz CT molecular complexity index is 693. The third-order valence-corrected chi connectivity index (χ3v) is 7.99. The first-order valence-corrected chi connectivity index (χ1v) is 10.4. The van der Waals surface area contributed by atoms with E-state index in [1.807, 2.05) is 19.9 Å². The third kappa shape index (κ3) is 2.78. The third-order valence-electron chi connectivity index (χ3n) is 6.10. The van der Waals surface area contributed by atoms with Crippen LogP contribution in [0.1, 0.15) is 58.6 Å². The van der Waals surface area contributed by atoms with Crippen LogP contribution in [-0.4, -0.2) is 22.7 Å². The van der Waals surface area contributed by atoms with E-state index >= 15 is 0 Å². The Kier molecular flexibility index (Phi) is 3.96. The number of rotatable bonds is 4. The summed E-state index contributed by atoms with van der Waals surface area (Å²) >= 11 is 5.53. The highest BCUT2D eigenvalue weighted by Gasteiger charge is 2.60. The second-order valence-electron chi connectivity index (χ2n) is 8.22. The molecular formula is C19H23BrO3S. The Morgan fingerprint density at radius 2 is 1.92 bits per heavy atom. The summed E-state index contributed by atoms with van der Waals surface area (Å²) in [5.74, 6) is 1.05. The molecule has 0 aliphatic heterocycles. The lowest BCUT2D eigenvalue weighted by Gasteiger charge is -2.58. The highest BCUT2D eigenvalue weighted by Crippen LogP contribution is 2.64. The minimum atomic E-state index is -0.354. The van der Waals surface area contributed by atoms with Crippen LogP contribution in [0.15, 0.2) is 6.07 Å². The second kappa shape index (κ2) is 5.66. The van der Waals surface area contributed by atoms with Crippen LogP contribution >= 0.6 is 27.3 Å². The second-order valence-corrected chi connectivity index (χ2v) is 11.4. The highest BCUT2D eigenvalue weighted by atomic mass is 79.9. The zero-order chi connectivity index (χ0) is 17.1. The predicted octanol–water partition coefficient (Wildman–Crippen LogP) is 4.82. The van der Waals surface area contributed by atoms with Crippen molar-refractivity contribution in [1.82, 2.24) is 0 Å². The van der Waals surface area contributed by atoms with E-state index in [1.54, 1.807) is 11.3 Å². The van der Waals surface area contributed by atoms with Crippen molar-refractivity contribution in [3.63, 3.8) is 0 Å². The standard InChI is InChI=1S/C19H23BrO3S/c1-11-3-15(12(2)24-11)16(21)9-23-17(22)18-5-13-4-14(6-18)8-19(20,7-13)10-18/h3,13-14H,4-10H2,1-2H3/t13-,14+,18?,19?. The molecule has 2 unspecified atom stereocenters. The molecule has 4 bridgehead atoms. The van der Waals surface area contributed by atoms with Gasteiger partial charge in [-0.2, -0.15) is 0 Å². The molecule has 4 aliphatic rings. The van der Waals surface area contributed by atoms with E-state index < -0.39 is 0 Å². The predicted molar refractivity (Wildman–Crippen MR) is 97.9 cm³/mol. The fourth-order valence-corrected chi connectivity index (χ4v) is 8.05. The number of hydrogen-bond donors (Lipinski definition) is 0. The normalized spacial score (nSPS) is 36.8. The summed E-state index contributed by atoms with van der Waals surface area (Å²) in [5, 5.41) is 0. The summed E-state index contributed by atoms with van der Waals surface area (Å²) in [6.07, 6.45) is 6.39. The van der Waals surface area contributed by atoms with Crippen LogP contribution in [0.5, 0.6) is 0 Å². The molecule has 0 radical (unpaired) electrons. The molecule has 0 N–H and O–H groups in total. The van der Waals surface area contributed by atoms with Crippen molar-refractivity contribution in [1.29, 1.82) is 0 Å². The maximum Gasteiger partial charge on any atom is 0.312 e. The first-order chi connectivity index (χ1) is 11.3. The Morgan fingerprint density at radius 3 is 2.46 bits per heavy atom. The number of hydrogen-bond acceptors (Lipinski definition) is 4. The van der Waals surface area contributed by atoms with Crippen molar-refractivity contribution < 1.29 is 14.3 Å². The van der Waals surface area contributed by atoms with Crippen molar-refractivity contribution >= 4 is 39.0 Å². The molecule has 1 heterocycles. The van der Waals surface area contributed by atoms with Crippen molar-refractivity contribution in [2.45, 2.75) is 56.7 Å². The van der Waals surface area contributed by atoms with Crippen LogP contribution < -0.4 is 0 Å². The largest absolute Gasteiger partial charge is 0.457 e. The van der Waals surface area contributed by atoms with Crippen molar-refractivity contribution in [3.05, 3.63) is 21.4 Å². The Morgan fingerprint density at radius 1 is 1.25 bits per heavy atom. The van der Waals surface area contributed by atoms with Crippen molar-refractivity contribution in [3.8, 4) is 0 Å². The average Bonchev–Trinajstić information content (AvgIpc) is 2.80. The van der Waals surface area contributed by atoms with Crippen LogP contribution in [0, 0.1) is 31.1 Å². The van der Waals surface area contributed by atoms with Gasteiger partial charge in [-0.05, 0) is 70.3 Å². The van der Waals surface area contributed by atoms with Gasteiger partial charge in [-0.15, -0.1) is 11.3 Å². The quantitative estimate of drug-likeness (QED) is 0.405. The minimum Gasteiger partial charge on any atom is -0.457 e. The highest BCUT2D eigenvalue weighted by molar-refractivity contribution is 9.10. The summed E-state index contributed by atoms with van der Waals surface area (Å²) in [7, 11) is 0. The zero-order valence-corrected chi connectivity index (χ0v) is 16.6. The molecule has 4 saturated carbocycles. The molecule has 4 fully saturated rings. The first kappa shape index (κ1) is 16.8. The lowest BCUT2D eigenvalue weighted by atomic mass is 9.49. The van der Waals surface area contributed by atoms with Gasteiger partial charge in [0.1, 0.15) is 0 Å². The fraction of sp³-hybridized carbons (Fsp3) is 0.684. The van der Waals surface area contributed by atoms with Crippen molar-refractivity contribution in [2.24, 2.45) is 17.3 Å². The number of ketones is 1. The fourth-order valence-electron chi connectivity index (χ4n) is 5.66. The maximum absolute atomic E-state index is 12.9. The van der Waals surface area contributed by atoms with Crippen LogP contribution in [0.3, 0.4) is 0 Å². The molecule has 1 aromatic rings. The molecule has 4 aliphatic carbocycles. The van der Waals surface area contributed by atoms with Crippen molar-refractivity contribution in [2.75, 3.05) is 6.61 Å². The SMILES string of the molecule is Cc1cc(C(=O)COC(=O)C23C[C@@H]4C[C@@H](CC(Br)(C4)C2)C3)c(C)s1. The molecule has 0 spiro atoms. The van der Waals surface area contributed by atoms with Gasteiger partial charge in [0.25, 0.3) is 0 Å². The number of esters is 1. The van der Waals surface area contributed by atoms with Crippen LogP contribution in [0.4, 0.5) is 0 Å². The monoisotopic (exact) mass is 410 g/mol. The van der Waals surface area contributed by atoms with E-state index in [0.29, 0.717) is 17.4 Å². The molecule has 3 nitrogen and oxygen atoms in total. The van der Waals surface area contributed by atoms with Gasteiger partial charge in [-0.3, -0.25) is 9.59 Å². The molecule has 1 aromatic heterocycles. The van der Waals surface area contributed by atoms with Crippen LogP contribution in [0.2, 0.25) is 0 Å². The van der Waals surface area contributed by atoms with E-state index in [4.69, 9.17) is 4.74 Å². The van der Waals surface area contributed by atoms with Gasteiger partial charge in [0, 0.05) is 19.6 Å². The van der Waals surface area contributed by atoms with E-state index in [9.17, 15) is 9.59 Å². The Balaban J connectivity index is 1.45. The van der Waals surface area contributed by atoms with Gasteiger partial charge >= 0.3 is 5.97 Å². The molecular weight excluding hydrogens is 388 g/mol. The van der Waals surface area contributed by atoms with Gasteiger partial charge in [0.05, 0.1) is 5.41 Å². The molecule has 24 heavy (non-hydrogen) atoms.